The first-order chi connectivity index (χ1) is 23.6. The fraction of sp³-hybridized carbons (Fsp3) is 0.175. The van der Waals surface area contributed by atoms with Crippen LogP contribution in [0.5, 0.6) is 0 Å². The molecule has 1 aromatic heterocycles. The molecule has 2 aliphatic rings. The summed E-state index contributed by atoms with van der Waals surface area (Å²) >= 11 is 0. The Hall–Kier alpha value is -5.63. The Morgan fingerprint density at radius 2 is 1.19 bits per heavy atom. The second-order valence-corrected chi connectivity index (χ2v) is 12.8. The average molecular weight is 627 g/mol. The smallest absolute Gasteiger partial charge is 0.255 e. The summed E-state index contributed by atoms with van der Waals surface area (Å²) in [6, 6.07) is 48.1. The summed E-state index contributed by atoms with van der Waals surface area (Å²) < 4.78 is 1.97. The quantitative estimate of drug-likeness (QED) is 0.143. The van der Waals surface area contributed by atoms with Crippen LogP contribution in [0.1, 0.15) is 47.9 Å². The fourth-order valence-electron chi connectivity index (χ4n) is 7.68. The van der Waals surface area contributed by atoms with Gasteiger partial charge in [0.25, 0.3) is 5.91 Å². The van der Waals surface area contributed by atoms with E-state index in [1.807, 2.05) is 47.8 Å². The number of aromatic nitrogens is 4. The van der Waals surface area contributed by atoms with Gasteiger partial charge in [0.05, 0.1) is 12.3 Å². The van der Waals surface area contributed by atoms with Gasteiger partial charge >= 0.3 is 0 Å². The van der Waals surface area contributed by atoms with Crippen molar-refractivity contribution >= 4 is 19.5 Å². The van der Waals surface area contributed by atoms with Crippen LogP contribution >= 0.6 is 0 Å². The second-order valence-electron chi connectivity index (χ2n) is 12.8. The summed E-state index contributed by atoms with van der Waals surface area (Å²) in [6.07, 6.45) is 3.85. The van der Waals surface area contributed by atoms with Crippen molar-refractivity contribution in [2.45, 2.75) is 43.3 Å². The number of rotatable bonds is 8. The Bertz CT molecular complexity index is 1990. The molecule has 0 radical (unpaired) electrons. The molecule has 6 aromatic rings. The molecule has 1 spiro atoms. The Morgan fingerprint density at radius 1 is 0.667 bits per heavy atom. The van der Waals surface area contributed by atoms with Crippen LogP contribution in [0.4, 0.5) is 0 Å². The Balaban J connectivity index is 1.21. The number of aliphatic imine (C=N–C) groups is 1. The molecule has 7 nitrogen and oxygen atoms in total. The standard InChI is InChI=1S/C40H35BN6O/c41-38-42-39(26-12-13-27-39)37(48)46(38)28-29-22-24-30(25-23-29)34-20-10-11-21-35(34)36-43-44-45-47(36)40(31-14-4-1-5-15-31,32-16-6-2-7-17-32)33-18-8-3-9-19-33/h1-11,14-25H,12-13,26-28,41H2. The molecule has 8 heteroatoms. The summed E-state index contributed by atoms with van der Waals surface area (Å²) in [5.41, 5.74) is 6.63. The molecule has 8 rings (SSSR count). The number of hydrogen-bond donors (Lipinski definition) is 0. The molecule has 0 atom stereocenters. The van der Waals surface area contributed by atoms with E-state index >= 15 is 0 Å². The predicted molar refractivity (Wildman–Crippen MR) is 191 cm³/mol. The minimum absolute atomic E-state index is 0.150. The molecular weight excluding hydrogens is 591 g/mol. The lowest BCUT2D eigenvalue weighted by Crippen LogP contribution is -2.40. The van der Waals surface area contributed by atoms with E-state index in [2.05, 4.69) is 114 Å². The van der Waals surface area contributed by atoms with Gasteiger partial charge in [-0.3, -0.25) is 9.79 Å². The summed E-state index contributed by atoms with van der Waals surface area (Å²) in [7, 11) is 1.96. The number of amidine groups is 1. The van der Waals surface area contributed by atoms with Gasteiger partial charge in [0.15, 0.2) is 13.7 Å². The van der Waals surface area contributed by atoms with E-state index in [-0.39, 0.29) is 5.91 Å². The maximum absolute atomic E-state index is 13.4. The van der Waals surface area contributed by atoms with Crippen molar-refractivity contribution in [3.05, 3.63) is 162 Å². The minimum atomic E-state index is -0.849. The summed E-state index contributed by atoms with van der Waals surface area (Å²) in [6.45, 7) is 0.518. The third kappa shape index (κ3) is 4.87. The molecule has 1 aliphatic heterocycles. The Morgan fingerprint density at radius 3 is 1.75 bits per heavy atom. The van der Waals surface area contributed by atoms with Crippen molar-refractivity contribution in [2.24, 2.45) is 4.99 Å². The predicted octanol–water partition coefficient (Wildman–Crippen LogP) is 6.49. The maximum Gasteiger partial charge on any atom is 0.255 e. The zero-order valence-corrected chi connectivity index (χ0v) is 26.9. The average Bonchev–Trinajstić information content (AvgIpc) is 3.88. The van der Waals surface area contributed by atoms with Gasteiger partial charge in [0, 0.05) is 5.56 Å². The molecule has 2 heterocycles. The monoisotopic (exact) mass is 626 g/mol. The molecule has 1 amide bonds. The third-order valence-corrected chi connectivity index (χ3v) is 9.98. The second kappa shape index (κ2) is 12.2. The van der Waals surface area contributed by atoms with E-state index in [4.69, 9.17) is 15.3 Å². The van der Waals surface area contributed by atoms with Gasteiger partial charge < -0.3 is 4.90 Å². The van der Waals surface area contributed by atoms with Crippen LogP contribution in [-0.4, -0.2) is 50.1 Å². The topological polar surface area (TPSA) is 76.3 Å². The highest BCUT2D eigenvalue weighted by Gasteiger charge is 2.48. The third-order valence-electron chi connectivity index (χ3n) is 9.98. The molecule has 0 N–H and O–H groups in total. The van der Waals surface area contributed by atoms with Crippen molar-refractivity contribution in [2.75, 3.05) is 0 Å². The van der Waals surface area contributed by atoms with Gasteiger partial charge in [-0.05, 0) is 56.6 Å². The van der Waals surface area contributed by atoms with Crippen LogP contribution in [-0.2, 0) is 16.9 Å². The first-order valence-electron chi connectivity index (χ1n) is 16.6. The number of carbonyl (C=O) groups is 1. The lowest BCUT2D eigenvalue weighted by Gasteiger charge is -2.36. The number of amides is 1. The molecule has 0 unspecified atom stereocenters. The summed E-state index contributed by atoms with van der Waals surface area (Å²) in [5.74, 6) is 0.806. The van der Waals surface area contributed by atoms with E-state index < -0.39 is 11.1 Å². The van der Waals surface area contributed by atoms with Crippen LogP contribution in [0.3, 0.4) is 0 Å². The molecular formula is C40H35BN6O. The zero-order valence-electron chi connectivity index (χ0n) is 26.9. The Labute approximate surface area is 281 Å². The lowest BCUT2D eigenvalue weighted by atomic mass is 9.77. The normalized spacial score (nSPS) is 15.6. The molecule has 1 aliphatic carbocycles. The van der Waals surface area contributed by atoms with Crippen molar-refractivity contribution in [1.82, 2.24) is 25.1 Å². The SMILES string of the molecule is BC1=NC2(CCCC2)C(=O)N1Cc1ccc(-c2ccccc2-c2nnnn2C(c2ccccc2)(c2ccccc2)c2ccccc2)cc1. The molecule has 48 heavy (non-hydrogen) atoms. The van der Waals surface area contributed by atoms with Crippen molar-refractivity contribution < 1.29 is 4.79 Å². The molecule has 1 fully saturated rings. The van der Waals surface area contributed by atoms with E-state index in [0.717, 1.165) is 70.4 Å². The minimum Gasteiger partial charge on any atom is -0.303 e. The van der Waals surface area contributed by atoms with Gasteiger partial charge in [-0.1, -0.05) is 152 Å². The van der Waals surface area contributed by atoms with Crippen LogP contribution < -0.4 is 0 Å². The summed E-state index contributed by atoms with van der Waals surface area (Å²) in [5, 5.41) is 13.8. The van der Waals surface area contributed by atoms with Crippen LogP contribution in [0.15, 0.2) is 145 Å². The lowest BCUT2D eigenvalue weighted by molar-refractivity contribution is -0.131. The first kappa shape index (κ1) is 29.8. The maximum atomic E-state index is 13.4. The van der Waals surface area contributed by atoms with Crippen LogP contribution in [0, 0.1) is 0 Å². The van der Waals surface area contributed by atoms with Gasteiger partial charge in [-0.2, -0.15) is 0 Å². The number of carbonyl (C=O) groups excluding carboxylic acids is 1. The number of benzene rings is 5. The molecule has 1 saturated carbocycles. The van der Waals surface area contributed by atoms with Gasteiger partial charge in [0.2, 0.25) is 0 Å². The van der Waals surface area contributed by atoms with Crippen molar-refractivity contribution in [3.63, 3.8) is 0 Å². The molecule has 5 aromatic carbocycles. The fourth-order valence-corrected chi connectivity index (χ4v) is 7.68. The highest BCUT2D eigenvalue weighted by atomic mass is 16.2. The van der Waals surface area contributed by atoms with Gasteiger partial charge in [-0.25, -0.2) is 4.68 Å². The Kier molecular flexibility index (Phi) is 7.56. The van der Waals surface area contributed by atoms with Crippen LogP contribution in [0.2, 0.25) is 0 Å². The highest BCUT2D eigenvalue weighted by molar-refractivity contribution is 6.61. The first-order valence-corrected chi connectivity index (χ1v) is 16.6. The highest BCUT2D eigenvalue weighted by Crippen LogP contribution is 2.43. The zero-order chi connectivity index (χ0) is 32.6. The largest absolute Gasteiger partial charge is 0.303 e. The number of nitrogens with zero attached hydrogens (tertiary/aromatic N) is 6. The van der Waals surface area contributed by atoms with Crippen molar-refractivity contribution in [3.8, 4) is 22.5 Å². The van der Waals surface area contributed by atoms with E-state index in [1.165, 1.54) is 0 Å². The van der Waals surface area contributed by atoms with E-state index in [9.17, 15) is 4.79 Å². The van der Waals surface area contributed by atoms with E-state index in [0.29, 0.717) is 12.4 Å². The van der Waals surface area contributed by atoms with Gasteiger partial charge in [0.1, 0.15) is 11.1 Å². The summed E-state index contributed by atoms with van der Waals surface area (Å²) in [4.78, 5) is 20.1. The molecule has 0 bridgehead atoms. The molecule has 234 valence electrons. The number of tetrazole rings is 1. The van der Waals surface area contributed by atoms with Crippen LogP contribution in [0.25, 0.3) is 22.5 Å². The van der Waals surface area contributed by atoms with Gasteiger partial charge in [-0.15, -0.1) is 5.10 Å². The van der Waals surface area contributed by atoms with Crippen molar-refractivity contribution in [1.29, 1.82) is 0 Å². The molecule has 0 saturated heterocycles. The number of hydrogen-bond acceptors (Lipinski definition) is 5. The van der Waals surface area contributed by atoms with E-state index in [1.54, 1.807) is 0 Å².